The average Bonchev–Trinajstić information content (AvgIpc) is 2.56. The van der Waals surface area contributed by atoms with E-state index in [4.69, 9.17) is 9.47 Å². The number of carbonyl (C=O) groups is 1. The molecule has 2 aromatic rings. The highest BCUT2D eigenvalue weighted by atomic mass is 79.9. The number of nitrogens with zero attached hydrogens (tertiary/aromatic N) is 1. The molecule has 0 spiro atoms. The van der Waals surface area contributed by atoms with Gasteiger partial charge in [0.25, 0.3) is 0 Å². The summed E-state index contributed by atoms with van der Waals surface area (Å²) in [6, 6.07) is 13.2. The Labute approximate surface area is 150 Å². The first-order valence-electron chi connectivity index (χ1n) is 7.47. The summed E-state index contributed by atoms with van der Waals surface area (Å²) in [4.78, 5) is 14.1. The second-order valence-electron chi connectivity index (χ2n) is 5.38. The maximum absolute atomic E-state index is 12.2. The molecule has 0 unspecified atom stereocenters. The minimum atomic E-state index is -0.0679. The SMILES string of the molecule is COc1cccc(CN(C)CC(=O)Nc2ccc(Br)cc2)c1OC. The van der Waals surface area contributed by atoms with E-state index in [0.717, 1.165) is 15.7 Å². The zero-order chi connectivity index (χ0) is 17.5. The molecule has 1 N–H and O–H groups in total. The molecule has 0 fully saturated rings. The Kier molecular flexibility index (Phi) is 6.63. The number of anilines is 1. The molecule has 0 aromatic heterocycles. The Morgan fingerprint density at radius 1 is 1.12 bits per heavy atom. The van der Waals surface area contributed by atoms with Gasteiger partial charge in [0, 0.05) is 22.3 Å². The molecule has 6 heteroatoms. The van der Waals surface area contributed by atoms with E-state index in [1.807, 2.05) is 54.4 Å². The molecule has 0 atom stereocenters. The molecule has 2 aromatic carbocycles. The van der Waals surface area contributed by atoms with Crippen molar-refractivity contribution in [1.29, 1.82) is 0 Å². The van der Waals surface area contributed by atoms with Gasteiger partial charge < -0.3 is 14.8 Å². The summed E-state index contributed by atoms with van der Waals surface area (Å²) in [6.45, 7) is 0.852. The number of methoxy groups -OCH3 is 2. The summed E-state index contributed by atoms with van der Waals surface area (Å²) < 4.78 is 11.7. The summed E-state index contributed by atoms with van der Waals surface area (Å²) in [5.74, 6) is 1.31. The van der Waals surface area contributed by atoms with Crippen LogP contribution in [-0.2, 0) is 11.3 Å². The summed E-state index contributed by atoms with van der Waals surface area (Å²) in [7, 11) is 5.11. The van der Waals surface area contributed by atoms with Gasteiger partial charge in [0.1, 0.15) is 0 Å². The third-order valence-corrected chi connectivity index (χ3v) is 3.99. The number of hydrogen-bond acceptors (Lipinski definition) is 4. The van der Waals surface area contributed by atoms with E-state index in [2.05, 4.69) is 21.2 Å². The number of para-hydroxylation sites is 1. The van der Waals surface area contributed by atoms with Crippen LogP contribution < -0.4 is 14.8 Å². The van der Waals surface area contributed by atoms with Gasteiger partial charge in [-0.25, -0.2) is 0 Å². The quantitative estimate of drug-likeness (QED) is 0.782. The third kappa shape index (κ3) is 4.97. The standard InChI is InChI=1S/C18H21BrN2O3/c1-21(11-13-5-4-6-16(23-2)18(13)24-3)12-17(22)20-15-9-7-14(19)8-10-15/h4-10H,11-12H2,1-3H3,(H,20,22). The van der Waals surface area contributed by atoms with Crippen LogP contribution in [0.2, 0.25) is 0 Å². The van der Waals surface area contributed by atoms with Gasteiger partial charge in [0.05, 0.1) is 20.8 Å². The first-order chi connectivity index (χ1) is 11.5. The average molecular weight is 393 g/mol. The number of ether oxygens (including phenoxy) is 2. The predicted octanol–water partition coefficient (Wildman–Crippen LogP) is 3.54. The smallest absolute Gasteiger partial charge is 0.238 e. The van der Waals surface area contributed by atoms with Crippen LogP contribution in [0.25, 0.3) is 0 Å². The monoisotopic (exact) mass is 392 g/mol. The third-order valence-electron chi connectivity index (χ3n) is 3.47. The molecule has 0 aliphatic carbocycles. The van der Waals surface area contributed by atoms with E-state index >= 15 is 0 Å². The van der Waals surface area contributed by atoms with Crippen LogP contribution in [0, 0.1) is 0 Å². The molecule has 0 radical (unpaired) electrons. The maximum Gasteiger partial charge on any atom is 0.238 e. The summed E-state index contributed by atoms with van der Waals surface area (Å²) in [5, 5.41) is 2.88. The highest BCUT2D eigenvalue weighted by molar-refractivity contribution is 9.10. The summed E-state index contributed by atoms with van der Waals surface area (Å²) in [5.41, 5.74) is 1.74. The highest BCUT2D eigenvalue weighted by Gasteiger charge is 2.13. The van der Waals surface area contributed by atoms with E-state index in [9.17, 15) is 4.79 Å². The summed E-state index contributed by atoms with van der Waals surface area (Å²) in [6.07, 6.45) is 0. The van der Waals surface area contributed by atoms with Crippen molar-refractivity contribution >= 4 is 27.5 Å². The number of benzene rings is 2. The Bertz CT molecular complexity index is 689. The fraction of sp³-hybridized carbons (Fsp3) is 0.278. The normalized spacial score (nSPS) is 10.5. The van der Waals surface area contributed by atoms with Gasteiger partial charge >= 0.3 is 0 Å². The van der Waals surface area contributed by atoms with Crippen molar-refractivity contribution in [3.63, 3.8) is 0 Å². The molecule has 128 valence electrons. The molecule has 1 amide bonds. The Morgan fingerprint density at radius 3 is 2.46 bits per heavy atom. The molecule has 5 nitrogen and oxygen atoms in total. The number of hydrogen-bond donors (Lipinski definition) is 1. The van der Waals surface area contributed by atoms with Crippen molar-refractivity contribution < 1.29 is 14.3 Å². The first kappa shape index (κ1) is 18.3. The van der Waals surface area contributed by atoms with Gasteiger partial charge in [-0.1, -0.05) is 28.1 Å². The minimum absolute atomic E-state index is 0.0679. The molecule has 2 rings (SSSR count). The maximum atomic E-state index is 12.2. The first-order valence-corrected chi connectivity index (χ1v) is 8.26. The molecule has 0 heterocycles. The van der Waals surface area contributed by atoms with Crippen LogP contribution >= 0.6 is 15.9 Å². The topological polar surface area (TPSA) is 50.8 Å². The van der Waals surface area contributed by atoms with E-state index in [-0.39, 0.29) is 12.5 Å². The van der Waals surface area contributed by atoms with Gasteiger partial charge in [-0.05, 0) is 37.4 Å². The largest absolute Gasteiger partial charge is 0.493 e. The van der Waals surface area contributed by atoms with Crippen molar-refractivity contribution in [3.05, 3.63) is 52.5 Å². The lowest BCUT2D eigenvalue weighted by Crippen LogP contribution is -2.30. The molecule has 0 bridgehead atoms. The van der Waals surface area contributed by atoms with E-state index in [1.54, 1.807) is 14.2 Å². The Hall–Kier alpha value is -2.05. The summed E-state index contributed by atoms with van der Waals surface area (Å²) >= 11 is 3.37. The van der Waals surface area contributed by atoms with Crippen molar-refractivity contribution in [2.75, 3.05) is 33.1 Å². The fourth-order valence-electron chi connectivity index (χ4n) is 2.40. The van der Waals surface area contributed by atoms with Gasteiger partial charge in [0.2, 0.25) is 5.91 Å². The molecular formula is C18H21BrN2O3. The van der Waals surface area contributed by atoms with Crippen molar-refractivity contribution in [2.45, 2.75) is 6.54 Å². The van der Waals surface area contributed by atoms with Gasteiger partial charge in [-0.15, -0.1) is 0 Å². The van der Waals surface area contributed by atoms with Crippen LogP contribution in [0.5, 0.6) is 11.5 Å². The fourth-order valence-corrected chi connectivity index (χ4v) is 2.67. The number of amides is 1. The molecule has 0 saturated heterocycles. The number of likely N-dealkylation sites (N-methyl/N-ethyl adjacent to an activating group) is 1. The predicted molar refractivity (Wildman–Crippen MR) is 98.7 cm³/mol. The zero-order valence-corrected chi connectivity index (χ0v) is 15.6. The van der Waals surface area contributed by atoms with E-state index in [0.29, 0.717) is 18.0 Å². The Balaban J connectivity index is 1.96. The van der Waals surface area contributed by atoms with Crippen LogP contribution in [0.4, 0.5) is 5.69 Å². The van der Waals surface area contributed by atoms with Crippen molar-refractivity contribution in [2.24, 2.45) is 0 Å². The number of halogens is 1. The van der Waals surface area contributed by atoms with Gasteiger partial charge in [-0.2, -0.15) is 0 Å². The lowest BCUT2D eigenvalue weighted by Gasteiger charge is -2.19. The van der Waals surface area contributed by atoms with Gasteiger partial charge in [0.15, 0.2) is 11.5 Å². The zero-order valence-electron chi connectivity index (χ0n) is 14.0. The second-order valence-corrected chi connectivity index (χ2v) is 6.30. The number of rotatable bonds is 7. The molecule has 0 saturated carbocycles. The van der Waals surface area contributed by atoms with Crippen molar-refractivity contribution in [1.82, 2.24) is 4.90 Å². The van der Waals surface area contributed by atoms with Crippen LogP contribution in [0.15, 0.2) is 46.9 Å². The lowest BCUT2D eigenvalue weighted by molar-refractivity contribution is -0.117. The van der Waals surface area contributed by atoms with E-state index in [1.165, 1.54) is 0 Å². The molecular weight excluding hydrogens is 372 g/mol. The highest BCUT2D eigenvalue weighted by Crippen LogP contribution is 2.31. The minimum Gasteiger partial charge on any atom is -0.493 e. The molecule has 0 aliphatic rings. The van der Waals surface area contributed by atoms with Crippen LogP contribution in [0.3, 0.4) is 0 Å². The lowest BCUT2D eigenvalue weighted by atomic mass is 10.1. The van der Waals surface area contributed by atoms with Gasteiger partial charge in [-0.3, -0.25) is 9.69 Å². The molecule has 0 aliphatic heterocycles. The van der Waals surface area contributed by atoms with Crippen LogP contribution in [0.1, 0.15) is 5.56 Å². The second kappa shape index (κ2) is 8.70. The number of nitrogens with one attached hydrogen (secondary N) is 1. The number of carbonyl (C=O) groups excluding carboxylic acids is 1. The van der Waals surface area contributed by atoms with Crippen molar-refractivity contribution in [3.8, 4) is 11.5 Å². The van der Waals surface area contributed by atoms with Crippen LogP contribution in [-0.4, -0.2) is 38.6 Å². The molecule has 24 heavy (non-hydrogen) atoms. The van der Waals surface area contributed by atoms with E-state index < -0.39 is 0 Å². The Morgan fingerprint density at radius 2 is 1.83 bits per heavy atom.